The minimum Gasteiger partial charge on any atom is -0.476 e. The summed E-state index contributed by atoms with van der Waals surface area (Å²) in [6.45, 7) is 9.63. The van der Waals surface area contributed by atoms with Crippen molar-refractivity contribution in [3.05, 3.63) is 38.4 Å². The number of hydrogen-bond acceptors (Lipinski definition) is 21. The third-order valence-electron chi connectivity index (χ3n) is 7.33. The molecule has 0 radical (unpaired) electrons. The Morgan fingerprint density at radius 1 is 0.475 bits per heavy atom. The van der Waals surface area contributed by atoms with Crippen LogP contribution in [0.2, 0.25) is 0 Å². The van der Waals surface area contributed by atoms with Crippen molar-refractivity contribution in [2.24, 2.45) is 0 Å². The molecule has 0 saturated carbocycles. The molecule has 24 heteroatoms. The maximum Gasteiger partial charge on any atom is 0.372 e. The Labute approximate surface area is 353 Å². The molecule has 350 valence electrons. The van der Waals surface area contributed by atoms with E-state index in [0.717, 1.165) is 6.07 Å². The monoisotopic (exact) mass is 883 g/mol. The van der Waals surface area contributed by atoms with Gasteiger partial charge in [-0.1, -0.05) is 0 Å². The van der Waals surface area contributed by atoms with E-state index in [-0.39, 0.29) is 49.8 Å². The molecule has 0 heterocycles. The number of nitrogens with one attached hydrogen (secondary N) is 1. The molecule has 0 aromatic heterocycles. The summed E-state index contributed by atoms with van der Waals surface area (Å²) in [6, 6.07) is 3.40. The van der Waals surface area contributed by atoms with Crippen LogP contribution in [0.1, 0.15) is 12.8 Å². The van der Waals surface area contributed by atoms with Gasteiger partial charge in [-0.15, -0.1) is 0 Å². The van der Waals surface area contributed by atoms with Crippen LogP contribution in [-0.2, 0) is 76.0 Å². The minimum absolute atomic E-state index is 0.000305. The number of carboxylic acids is 1. The molecule has 0 fully saturated rings. The molecule has 0 aliphatic carbocycles. The Kier molecular flexibility index (Phi) is 36.1. The first-order chi connectivity index (χ1) is 29.7. The van der Waals surface area contributed by atoms with E-state index in [9.17, 15) is 34.6 Å². The van der Waals surface area contributed by atoms with Gasteiger partial charge in [-0.3, -0.25) is 29.8 Å². The van der Waals surface area contributed by atoms with E-state index in [1.165, 1.54) is 12.1 Å². The van der Waals surface area contributed by atoms with Gasteiger partial charge in [0.05, 0.1) is 181 Å². The summed E-state index contributed by atoms with van der Waals surface area (Å²) in [5.74, 6) is -3.27. The molecular formula is C37H61N3O21. The zero-order chi connectivity index (χ0) is 44.4. The fraction of sp³-hybridized carbons (Fsp3) is 0.757. The Morgan fingerprint density at radius 2 is 0.803 bits per heavy atom. The van der Waals surface area contributed by atoms with Crippen LogP contribution in [0.25, 0.3) is 0 Å². The zero-order valence-electron chi connectivity index (χ0n) is 34.5. The highest BCUT2D eigenvalue weighted by molar-refractivity contribution is 6.32. The number of carboxylic acid groups (broad SMARTS) is 1. The molecule has 61 heavy (non-hydrogen) atoms. The fourth-order valence-electron chi connectivity index (χ4n) is 4.32. The van der Waals surface area contributed by atoms with Crippen LogP contribution in [0, 0.1) is 20.2 Å². The minimum atomic E-state index is -1.57. The third kappa shape index (κ3) is 34.3. The first-order valence-corrected chi connectivity index (χ1v) is 19.7. The van der Waals surface area contributed by atoms with Crippen molar-refractivity contribution >= 4 is 34.8 Å². The van der Waals surface area contributed by atoms with Crippen LogP contribution in [0.3, 0.4) is 0 Å². The summed E-state index contributed by atoms with van der Waals surface area (Å²) in [5.41, 5.74) is -0.557. The van der Waals surface area contributed by atoms with Crippen LogP contribution >= 0.6 is 0 Å². The molecule has 0 amide bonds. The van der Waals surface area contributed by atoms with Gasteiger partial charge >= 0.3 is 11.9 Å². The first kappa shape index (κ1) is 55.0. The average Bonchev–Trinajstić information content (AvgIpc) is 3.24. The summed E-state index contributed by atoms with van der Waals surface area (Å²) in [5, 5.41) is 33.3. The molecule has 24 nitrogen and oxygen atoms in total. The maximum absolute atomic E-state index is 11.4. The van der Waals surface area contributed by atoms with Gasteiger partial charge in [0.25, 0.3) is 11.4 Å². The average molecular weight is 884 g/mol. The summed E-state index contributed by atoms with van der Waals surface area (Å²) >= 11 is 0. The summed E-state index contributed by atoms with van der Waals surface area (Å²) in [7, 11) is 0. The van der Waals surface area contributed by atoms with Crippen LogP contribution in [0.15, 0.2) is 18.2 Å². The number of ether oxygens (including phenoxy) is 13. The van der Waals surface area contributed by atoms with Crippen LogP contribution < -0.4 is 5.32 Å². The second-order valence-electron chi connectivity index (χ2n) is 11.9. The van der Waals surface area contributed by atoms with Crippen molar-refractivity contribution < 1.29 is 90.9 Å². The van der Waals surface area contributed by atoms with E-state index in [1.54, 1.807) is 0 Å². The lowest BCUT2D eigenvalue weighted by molar-refractivity contribution is -0.393. The van der Waals surface area contributed by atoms with E-state index in [2.05, 4.69) is 5.32 Å². The van der Waals surface area contributed by atoms with Crippen LogP contribution in [0.4, 0.5) is 17.1 Å². The largest absolute Gasteiger partial charge is 0.476 e. The van der Waals surface area contributed by atoms with Gasteiger partial charge in [-0.2, -0.15) is 0 Å². The van der Waals surface area contributed by atoms with E-state index < -0.39 is 34.0 Å². The van der Waals surface area contributed by atoms with E-state index in [0.29, 0.717) is 145 Å². The number of Topliss-reactive ketones (excluding diaryl/α,β-unsaturated/α-hetero) is 1. The number of nitrogens with zero attached hydrogens (tertiary/aromatic N) is 2. The van der Waals surface area contributed by atoms with Gasteiger partial charge in [0.15, 0.2) is 0 Å². The molecule has 0 aliphatic heterocycles. The fourth-order valence-corrected chi connectivity index (χ4v) is 4.32. The summed E-state index contributed by atoms with van der Waals surface area (Å²) in [6.07, 6.45) is -0.684. The van der Waals surface area contributed by atoms with Crippen molar-refractivity contribution in [3.63, 3.8) is 0 Å². The highest BCUT2D eigenvalue weighted by Gasteiger charge is 2.19. The number of nitro benzene ring substituents is 2. The van der Waals surface area contributed by atoms with Gasteiger partial charge < -0.3 is 72.0 Å². The molecule has 0 atom stereocenters. The van der Waals surface area contributed by atoms with Crippen molar-refractivity contribution in [2.45, 2.75) is 12.8 Å². The topological polar surface area (TPSA) is 290 Å². The molecule has 0 unspecified atom stereocenters. The SMILES string of the molecule is O=C(CCC(=O)C(=O)O)OCCOCCOCCOCCOCCOCCOCCOCCOCCOCCOCCOCCOCCNc1ccc([N+](=O)[O-])cc1[N+](=O)[O-]. The summed E-state index contributed by atoms with van der Waals surface area (Å²) < 4.78 is 69.9. The summed E-state index contributed by atoms with van der Waals surface area (Å²) in [4.78, 5) is 53.3. The van der Waals surface area contributed by atoms with E-state index in [4.69, 9.17) is 66.7 Å². The number of nitro groups is 2. The zero-order valence-corrected chi connectivity index (χ0v) is 34.5. The molecule has 1 rings (SSSR count). The van der Waals surface area contributed by atoms with E-state index >= 15 is 0 Å². The quantitative estimate of drug-likeness (QED) is 0.0305. The molecule has 0 spiro atoms. The molecule has 0 aliphatic rings. The number of esters is 1. The molecule has 1 aromatic rings. The highest BCUT2D eigenvalue weighted by atomic mass is 16.6. The number of benzene rings is 1. The number of rotatable bonds is 46. The number of anilines is 1. The van der Waals surface area contributed by atoms with Crippen molar-refractivity contribution in [3.8, 4) is 0 Å². The predicted octanol–water partition coefficient (Wildman–Crippen LogP) is 1.09. The Bertz CT molecular complexity index is 1310. The molecule has 1 aromatic carbocycles. The lowest BCUT2D eigenvalue weighted by atomic mass is 10.2. The lowest BCUT2D eigenvalue weighted by Crippen LogP contribution is -2.17. The van der Waals surface area contributed by atoms with Gasteiger partial charge in [0, 0.05) is 19.0 Å². The van der Waals surface area contributed by atoms with Crippen molar-refractivity contribution in [1.29, 1.82) is 0 Å². The number of aliphatic carboxylic acids is 1. The number of ketones is 1. The molecular weight excluding hydrogens is 822 g/mol. The van der Waals surface area contributed by atoms with Gasteiger partial charge in [-0.05, 0) is 6.07 Å². The first-order valence-electron chi connectivity index (χ1n) is 19.7. The third-order valence-corrected chi connectivity index (χ3v) is 7.33. The standard InChI is InChI=1S/C37H61N3O21/c41-35(37(43)44)3-4-36(42)61-30-29-60-28-27-59-26-25-58-24-23-57-22-21-56-20-19-55-18-17-54-16-15-53-14-13-52-12-11-51-10-9-50-8-7-49-6-5-38-33-2-1-32(39(45)46)31-34(33)40(47)48/h1-2,31,38H,3-30H2,(H,43,44). The van der Waals surface area contributed by atoms with Crippen molar-refractivity contribution in [2.75, 3.05) is 177 Å². The second kappa shape index (κ2) is 40.0. The predicted molar refractivity (Wildman–Crippen MR) is 211 cm³/mol. The van der Waals surface area contributed by atoms with Gasteiger partial charge in [0.2, 0.25) is 5.78 Å². The van der Waals surface area contributed by atoms with E-state index in [1.807, 2.05) is 0 Å². The maximum atomic E-state index is 11.4. The molecule has 0 saturated heterocycles. The van der Waals surface area contributed by atoms with Gasteiger partial charge in [0.1, 0.15) is 12.3 Å². The van der Waals surface area contributed by atoms with Crippen molar-refractivity contribution in [1.82, 2.24) is 0 Å². The molecule has 2 N–H and O–H groups in total. The highest BCUT2D eigenvalue weighted by Crippen LogP contribution is 2.28. The van der Waals surface area contributed by atoms with Crippen LogP contribution in [0.5, 0.6) is 0 Å². The number of hydrogen-bond donors (Lipinski definition) is 2. The normalized spacial score (nSPS) is 11.1. The second-order valence-corrected chi connectivity index (χ2v) is 11.9. The Morgan fingerprint density at radius 3 is 1.11 bits per heavy atom. The lowest BCUT2D eigenvalue weighted by Gasteiger charge is -2.09. The Hall–Kier alpha value is -4.05. The number of carbonyl (C=O) groups is 3. The Balaban J connectivity index is 1.69. The number of non-ortho nitro benzene ring substituents is 1. The van der Waals surface area contributed by atoms with Crippen LogP contribution in [-0.4, -0.2) is 204 Å². The smallest absolute Gasteiger partial charge is 0.372 e. The number of carbonyl (C=O) groups excluding carboxylic acids is 2. The molecule has 0 bridgehead atoms. The van der Waals surface area contributed by atoms with Gasteiger partial charge in [-0.25, -0.2) is 4.79 Å².